The minimum atomic E-state index is 0.398. The summed E-state index contributed by atoms with van der Waals surface area (Å²) in [7, 11) is 4.33. The fraction of sp³-hybridized carbons (Fsp3) is 1.00. The Morgan fingerprint density at radius 2 is 2.33 bits per heavy atom. The van der Waals surface area contributed by atoms with Crippen molar-refractivity contribution >= 4 is 9.24 Å². The van der Waals surface area contributed by atoms with Crippen LogP contribution in [0, 0.1) is 0 Å². The van der Waals surface area contributed by atoms with E-state index in [1.165, 1.54) is 0 Å². The molecule has 0 aromatic carbocycles. The van der Waals surface area contributed by atoms with Gasteiger partial charge in [-0.05, 0) is 13.1 Å². The zero-order chi connectivity index (χ0) is 4.99. The van der Waals surface area contributed by atoms with Gasteiger partial charge < -0.3 is 4.74 Å². The quantitative estimate of drug-likeness (QED) is 0.475. The average Bonchev–Trinajstić information content (AvgIpc) is 1.65. The summed E-state index contributed by atoms with van der Waals surface area (Å²) >= 11 is 0. The number of rotatable bonds is 2. The largest absolute Gasteiger partial charge is 0.381 e. The lowest BCUT2D eigenvalue weighted by Crippen LogP contribution is -2.04. The maximum Gasteiger partial charge on any atom is 0.0577 e. The SMILES string of the molecule is COC(C)CP. The van der Waals surface area contributed by atoms with Gasteiger partial charge in [-0.1, -0.05) is 0 Å². The first kappa shape index (κ1) is 6.39. The molecule has 2 heteroatoms. The normalized spacial score (nSPS) is 14.5. The summed E-state index contributed by atoms with van der Waals surface area (Å²) in [5, 5.41) is 0. The number of ether oxygens (including phenoxy) is 1. The third kappa shape index (κ3) is 2.62. The molecule has 0 amide bonds. The van der Waals surface area contributed by atoms with Crippen LogP contribution in [-0.4, -0.2) is 19.4 Å². The van der Waals surface area contributed by atoms with Gasteiger partial charge in [0, 0.05) is 7.11 Å². The van der Waals surface area contributed by atoms with E-state index in [1.807, 2.05) is 6.92 Å². The molecular formula is C4H11OP. The van der Waals surface area contributed by atoms with Gasteiger partial charge in [0.1, 0.15) is 0 Å². The van der Waals surface area contributed by atoms with Crippen molar-refractivity contribution in [3.8, 4) is 0 Å². The molecule has 1 nitrogen and oxygen atoms in total. The lowest BCUT2D eigenvalue weighted by Gasteiger charge is -2.01. The molecule has 0 aromatic heterocycles. The van der Waals surface area contributed by atoms with E-state index in [1.54, 1.807) is 7.11 Å². The fourth-order valence-corrected chi connectivity index (χ4v) is 0.289. The van der Waals surface area contributed by atoms with Gasteiger partial charge in [-0.25, -0.2) is 0 Å². The fourth-order valence-electron chi connectivity index (χ4n) is 0.0962. The van der Waals surface area contributed by atoms with Crippen LogP contribution in [0.2, 0.25) is 0 Å². The van der Waals surface area contributed by atoms with Crippen LogP contribution in [0.15, 0.2) is 0 Å². The third-order valence-corrected chi connectivity index (χ3v) is 1.40. The molecule has 38 valence electrons. The topological polar surface area (TPSA) is 9.23 Å². The maximum absolute atomic E-state index is 4.88. The van der Waals surface area contributed by atoms with Gasteiger partial charge in [0.25, 0.3) is 0 Å². The maximum atomic E-state index is 4.88. The van der Waals surface area contributed by atoms with Crippen LogP contribution in [0.4, 0.5) is 0 Å². The highest BCUT2D eigenvalue weighted by Crippen LogP contribution is 1.91. The van der Waals surface area contributed by atoms with Crippen LogP contribution in [-0.2, 0) is 4.74 Å². The summed E-state index contributed by atoms with van der Waals surface area (Å²) in [5.41, 5.74) is 0. The highest BCUT2D eigenvalue weighted by molar-refractivity contribution is 7.16. The highest BCUT2D eigenvalue weighted by Gasteiger charge is 1.88. The van der Waals surface area contributed by atoms with Crippen molar-refractivity contribution < 1.29 is 4.74 Å². The second kappa shape index (κ2) is 3.58. The predicted molar refractivity (Wildman–Crippen MR) is 31.0 cm³/mol. The summed E-state index contributed by atoms with van der Waals surface area (Å²) in [6.45, 7) is 2.03. The minimum absolute atomic E-state index is 0.398. The van der Waals surface area contributed by atoms with E-state index < -0.39 is 0 Å². The molecule has 6 heavy (non-hydrogen) atoms. The average molecular weight is 106 g/mol. The number of hydrogen-bond donors (Lipinski definition) is 0. The van der Waals surface area contributed by atoms with Crippen molar-refractivity contribution in [2.75, 3.05) is 13.3 Å². The van der Waals surface area contributed by atoms with Gasteiger partial charge in [0.2, 0.25) is 0 Å². The van der Waals surface area contributed by atoms with E-state index in [-0.39, 0.29) is 0 Å². The Kier molecular flexibility index (Phi) is 3.81. The molecule has 0 aromatic rings. The van der Waals surface area contributed by atoms with Gasteiger partial charge in [0.15, 0.2) is 0 Å². The molecule has 2 atom stereocenters. The van der Waals surface area contributed by atoms with E-state index in [4.69, 9.17) is 4.74 Å². The van der Waals surface area contributed by atoms with Crippen LogP contribution in [0.25, 0.3) is 0 Å². The Labute approximate surface area is 41.3 Å². The predicted octanol–water partition coefficient (Wildman–Crippen LogP) is 0.896. The Morgan fingerprint density at radius 1 is 1.83 bits per heavy atom. The molecule has 0 saturated heterocycles. The van der Waals surface area contributed by atoms with E-state index in [2.05, 4.69) is 9.24 Å². The molecule has 0 aliphatic rings. The smallest absolute Gasteiger partial charge is 0.0577 e. The zero-order valence-corrected chi connectivity index (χ0v) is 5.42. The Balaban J connectivity index is 2.75. The monoisotopic (exact) mass is 106 g/mol. The van der Waals surface area contributed by atoms with Crippen molar-refractivity contribution in [2.45, 2.75) is 13.0 Å². The number of methoxy groups -OCH3 is 1. The lowest BCUT2D eigenvalue weighted by molar-refractivity contribution is 0.137. The second-order valence-corrected chi connectivity index (χ2v) is 1.75. The molecule has 0 N–H and O–H groups in total. The van der Waals surface area contributed by atoms with Crippen LogP contribution in [0.5, 0.6) is 0 Å². The van der Waals surface area contributed by atoms with Gasteiger partial charge in [-0.15, -0.1) is 9.24 Å². The van der Waals surface area contributed by atoms with Gasteiger partial charge in [-0.3, -0.25) is 0 Å². The molecule has 0 aliphatic heterocycles. The summed E-state index contributed by atoms with van der Waals surface area (Å²) in [5.74, 6) is 0. The molecule has 0 bridgehead atoms. The van der Waals surface area contributed by atoms with E-state index >= 15 is 0 Å². The van der Waals surface area contributed by atoms with E-state index in [0.717, 1.165) is 6.16 Å². The Hall–Kier alpha value is 0.390. The first-order chi connectivity index (χ1) is 2.81. The van der Waals surface area contributed by atoms with Crippen LogP contribution in [0.1, 0.15) is 6.92 Å². The van der Waals surface area contributed by atoms with Crippen LogP contribution >= 0.6 is 9.24 Å². The van der Waals surface area contributed by atoms with Crippen LogP contribution < -0.4 is 0 Å². The molecule has 0 heterocycles. The number of hydrogen-bond acceptors (Lipinski definition) is 1. The molecule has 0 spiro atoms. The van der Waals surface area contributed by atoms with E-state index in [9.17, 15) is 0 Å². The summed E-state index contributed by atoms with van der Waals surface area (Å²) < 4.78 is 4.88. The molecule has 0 aliphatic carbocycles. The van der Waals surface area contributed by atoms with Crippen molar-refractivity contribution in [1.82, 2.24) is 0 Å². The molecular weight excluding hydrogens is 95.0 g/mol. The highest BCUT2D eigenvalue weighted by atomic mass is 31.0. The second-order valence-electron chi connectivity index (χ2n) is 1.28. The Morgan fingerprint density at radius 3 is 2.33 bits per heavy atom. The third-order valence-electron chi connectivity index (χ3n) is 0.734. The van der Waals surface area contributed by atoms with Crippen molar-refractivity contribution in [2.24, 2.45) is 0 Å². The van der Waals surface area contributed by atoms with Gasteiger partial charge in [-0.2, -0.15) is 0 Å². The van der Waals surface area contributed by atoms with Crippen molar-refractivity contribution in [3.05, 3.63) is 0 Å². The molecule has 0 fully saturated rings. The van der Waals surface area contributed by atoms with E-state index in [0.29, 0.717) is 6.10 Å². The van der Waals surface area contributed by atoms with Crippen molar-refractivity contribution in [3.63, 3.8) is 0 Å². The van der Waals surface area contributed by atoms with Crippen LogP contribution in [0.3, 0.4) is 0 Å². The molecule has 0 saturated carbocycles. The first-order valence-corrected chi connectivity index (χ1v) is 2.85. The molecule has 0 rings (SSSR count). The minimum Gasteiger partial charge on any atom is -0.381 e. The lowest BCUT2D eigenvalue weighted by atomic mass is 10.5. The summed E-state index contributed by atoms with van der Waals surface area (Å²) in [6, 6.07) is 0. The van der Waals surface area contributed by atoms with Gasteiger partial charge >= 0.3 is 0 Å². The summed E-state index contributed by atoms with van der Waals surface area (Å²) in [4.78, 5) is 0. The standard InChI is InChI=1S/C4H11OP/c1-4(3-6)5-2/h4H,3,6H2,1-2H3. The molecule has 0 radical (unpaired) electrons. The summed E-state index contributed by atoms with van der Waals surface area (Å²) in [6.07, 6.45) is 1.42. The van der Waals surface area contributed by atoms with Crippen molar-refractivity contribution in [1.29, 1.82) is 0 Å². The van der Waals surface area contributed by atoms with Gasteiger partial charge in [0.05, 0.1) is 6.10 Å². The molecule has 2 unspecified atom stereocenters. The first-order valence-electron chi connectivity index (χ1n) is 2.04. The zero-order valence-electron chi connectivity index (χ0n) is 4.27. The Bertz CT molecular complexity index is 26.7.